The minimum absolute atomic E-state index is 0.104. The Morgan fingerprint density at radius 2 is 2.05 bits per heavy atom. The molecule has 0 N–H and O–H groups in total. The van der Waals surface area contributed by atoms with Gasteiger partial charge in [-0.05, 0) is 48.5 Å². The quantitative estimate of drug-likeness (QED) is 0.747. The van der Waals surface area contributed by atoms with Gasteiger partial charge >= 0.3 is 5.97 Å². The molecule has 0 heterocycles. The fourth-order valence-electron chi connectivity index (χ4n) is 3.72. The third-order valence-corrected chi connectivity index (χ3v) is 5.19. The van der Waals surface area contributed by atoms with Crippen molar-refractivity contribution in [2.75, 3.05) is 0 Å². The van der Waals surface area contributed by atoms with E-state index in [9.17, 15) is 4.79 Å². The molecule has 0 bridgehead atoms. The first-order valence-corrected chi connectivity index (χ1v) is 8.54. The monoisotopic (exact) mass is 302 g/mol. The normalized spacial score (nSPS) is 42.5. The summed E-state index contributed by atoms with van der Waals surface area (Å²) in [7, 11) is 0. The first-order valence-electron chi connectivity index (χ1n) is 9.61. The first kappa shape index (κ1) is 13.2. The van der Waals surface area contributed by atoms with Crippen molar-refractivity contribution in [1.82, 2.24) is 0 Å². The van der Waals surface area contributed by atoms with Crippen molar-refractivity contribution in [2.24, 2.45) is 23.6 Å². The van der Waals surface area contributed by atoms with Gasteiger partial charge in [0.05, 0.1) is 5.89 Å². The van der Waals surface area contributed by atoms with Gasteiger partial charge in [-0.15, -0.1) is 0 Å². The van der Waals surface area contributed by atoms with Crippen molar-refractivity contribution in [3.05, 3.63) is 35.9 Å². The van der Waals surface area contributed by atoms with Gasteiger partial charge in [0.2, 0.25) is 0 Å². The number of benzene rings is 1. The van der Waals surface area contributed by atoms with Crippen molar-refractivity contribution in [1.29, 1.82) is 0 Å². The standard InChI is InChI=1S/C20H28O2/c1-13(2)16-10-9-14(3)11-19(16)22-20(21)18-12-17(18)15-7-5-4-6-8-15/h4-8,13-14,16-19H,9-12H2,1-3H3/t14-,16+,17-,18+,19-/m1/s1/i12D,18D/t12-,14+,16-,17+,18-,19+/m0. The lowest BCUT2D eigenvalue weighted by Crippen LogP contribution is -2.36. The second kappa shape index (κ2) is 6.44. The van der Waals surface area contributed by atoms with Crippen LogP contribution >= 0.6 is 0 Å². The van der Waals surface area contributed by atoms with Crippen LogP contribution in [0.2, 0.25) is 0 Å². The molecule has 2 aliphatic carbocycles. The van der Waals surface area contributed by atoms with Crippen molar-refractivity contribution in [3.63, 3.8) is 0 Å². The molecule has 2 saturated carbocycles. The zero-order chi connectivity index (χ0) is 17.5. The first-order chi connectivity index (χ1) is 11.4. The van der Waals surface area contributed by atoms with Gasteiger partial charge < -0.3 is 4.74 Å². The smallest absolute Gasteiger partial charge is 0.309 e. The second-order valence-corrected chi connectivity index (χ2v) is 7.28. The number of ether oxygens (including phenoxy) is 1. The Kier molecular flexibility index (Phi) is 3.85. The number of carbonyl (C=O) groups is 1. The predicted octanol–water partition coefficient (Wildman–Crippen LogP) is 4.79. The van der Waals surface area contributed by atoms with Gasteiger partial charge in [-0.3, -0.25) is 4.79 Å². The maximum Gasteiger partial charge on any atom is 0.309 e. The number of esters is 1. The largest absolute Gasteiger partial charge is 0.462 e. The van der Waals surface area contributed by atoms with Gasteiger partial charge in [-0.25, -0.2) is 0 Å². The molecule has 3 rings (SSSR count). The van der Waals surface area contributed by atoms with Crippen LogP contribution in [-0.4, -0.2) is 12.1 Å². The number of hydrogen-bond acceptors (Lipinski definition) is 2. The highest BCUT2D eigenvalue weighted by atomic mass is 16.5. The van der Waals surface area contributed by atoms with E-state index in [1.807, 2.05) is 30.3 Å². The lowest BCUT2D eigenvalue weighted by atomic mass is 9.75. The summed E-state index contributed by atoms with van der Waals surface area (Å²) in [6.45, 7) is 6.55. The molecular weight excluding hydrogens is 272 g/mol. The fraction of sp³-hybridized carbons (Fsp3) is 0.650. The van der Waals surface area contributed by atoms with Gasteiger partial charge in [0.15, 0.2) is 0 Å². The van der Waals surface area contributed by atoms with E-state index in [0.29, 0.717) is 17.8 Å². The van der Waals surface area contributed by atoms with Crippen molar-refractivity contribution < 1.29 is 12.3 Å². The molecule has 2 heteroatoms. The lowest BCUT2D eigenvalue weighted by Gasteiger charge is -2.36. The Labute approximate surface area is 137 Å². The van der Waals surface area contributed by atoms with E-state index in [0.717, 1.165) is 18.4 Å². The molecule has 1 aromatic carbocycles. The zero-order valence-electron chi connectivity index (χ0n) is 15.8. The summed E-state index contributed by atoms with van der Waals surface area (Å²) in [6, 6.07) is 9.49. The minimum atomic E-state index is -1.44. The van der Waals surface area contributed by atoms with Gasteiger partial charge in [-0.1, -0.05) is 57.5 Å². The molecule has 0 aliphatic heterocycles. The average molecular weight is 302 g/mol. The van der Waals surface area contributed by atoms with Gasteiger partial charge in [-0.2, -0.15) is 0 Å². The summed E-state index contributed by atoms with van der Waals surface area (Å²) in [6.07, 6.45) is 2.30. The van der Waals surface area contributed by atoms with E-state index in [2.05, 4.69) is 20.8 Å². The molecular formula is C20H28O2. The van der Waals surface area contributed by atoms with E-state index in [-0.39, 0.29) is 12.0 Å². The van der Waals surface area contributed by atoms with E-state index in [1.54, 1.807) is 0 Å². The fourth-order valence-corrected chi connectivity index (χ4v) is 3.72. The Balaban J connectivity index is 1.72. The highest BCUT2D eigenvalue weighted by Crippen LogP contribution is 2.49. The van der Waals surface area contributed by atoms with E-state index >= 15 is 0 Å². The molecule has 22 heavy (non-hydrogen) atoms. The van der Waals surface area contributed by atoms with Crippen molar-refractivity contribution >= 4 is 5.97 Å². The van der Waals surface area contributed by atoms with Crippen LogP contribution in [0.15, 0.2) is 30.3 Å². The molecule has 0 spiro atoms. The van der Waals surface area contributed by atoms with Crippen LogP contribution in [0.5, 0.6) is 0 Å². The van der Waals surface area contributed by atoms with Crippen LogP contribution in [0.25, 0.3) is 0 Å². The predicted molar refractivity (Wildman–Crippen MR) is 88.5 cm³/mol. The molecule has 0 aromatic heterocycles. The lowest BCUT2D eigenvalue weighted by molar-refractivity contribution is -0.157. The van der Waals surface area contributed by atoms with Crippen molar-refractivity contribution in [2.45, 2.75) is 58.5 Å². The maximum absolute atomic E-state index is 12.7. The van der Waals surface area contributed by atoms with Crippen LogP contribution in [0.4, 0.5) is 0 Å². The summed E-state index contributed by atoms with van der Waals surface area (Å²) >= 11 is 0. The molecule has 120 valence electrons. The molecule has 0 amide bonds. The van der Waals surface area contributed by atoms with E-state index in [4.69, 9.17) is 7.48 Å². The minimum Gasteiger partial charge on any atom is -0.462 e. The second-order valence-electron chi connectivity index (χ2n) is 7.28. The Morgan fingerprint density at radius 3 is 2.73 bits per heavy atom. The molecule has 1 aromatic rings. The SMILES string of the molecule is [2H][C@H]1[C@H](c2ccccc2)[C@@]1([2H])C(=O)O[C@@H]1C[C@H](C)CC[C@H]1C(C)C. The Hall–Kier alpha value is -1.31. The topological polar surface area (TPSA) is 26.3 Å². The number of carbonyl (C=O) groups excluding carboxylic acids is 1. The summed E-state index contributed by atoms with van der Waals surface area (Å²) in [4.78, 5) is 12.7. The van der Waals surface area contributed by atoms with Gasteiger partial charge in [0, 0.05) is 2.74 Å². The number of hydrogen-bond donors (Lipinski definition) is 0. The average Bonchev–Trinajstić information content (AvgIpc) is 3.11. The molecule has 6 atom stereocenters. The zero-order valence-corrected chi connectivity index (χ0v) is 13.8. The van der Waals surface area contributed by atoms with Crippen molar-refractivity contribution in [3.8, 4) is 0 Å². The molecule has 2 nitrogen and oxygen atoms in total. The van der Waals surface area contributed by atoms with Crippen LogP contribution in [0.1, 0.15) is 60.7 Å². The highest BCUT2D eigenvalue weighted by molar-refractivity contribution is 5.77. The van der Waals surface area contributed by atoms with E-state index < -0.39 is 18.3 Å². The molecule has 0 radical (unpaired) electrons. The van der Waals surface area contributed by atoms with E-state index in [1.165, 1.54) is 6.42 Å². The third kappa shape index (κ3) is 3.37. The third-order valence-electron chi connectivity index (χ3n) is 5.19. The summed E-state index contributed by atoms with van der Waals surface area (Å²) in [5.41, 5.74) is 0.891. The molecule has 0 unspecified atom stereocenters. The summed E-state index contributed by atoms with van der Waals surface area (Å²) in [5.74, 6) is -0.926. The van der Waals surface area contributed by atoms with Gasteiger partial charge in [0.25, 0.3) is 0 Å². The van der Waals surface area contributed by atoms with Crippen LogP contribution < -0.4 is 0 Å². The summed E-state index contributed by atoms with van der Waals surface area (Å²) < 4.78 is 22.5. The van der Waals surface area contributed by atoms with Crippen LogP contribution in [0.3, 0.4) is 0 Å². The summed E-state index contributed by atoms with van der Waals surface area (Å²) in [5, 5.41) is 0. The number of rotatable bonds is 4. The maximum atomic E-state index is 12.7. The van der Waals surface area contributed by atoms with Gasteiger partial charge in [0.1, 0.15) is 6.10 Å². The highest BCUT2D eigenvalue weighted by Gasteiger charge is 2.46. The van der Waals surface area contributed by atoms with Crippen LogP contribution in [-0.2, 0) is 9.53 Å². The molecule has 2 aliphatic rings. The molecule has 2 fully saturated rings. The molecule has 0 saturated heterocycles. The Morgan fingerprint density at radius 1 is 1.32 bits per heavy atom. The van der Waals surface area contributed by atoms with Crippen LogP contribution in [0, 0.1) is 23.6 Å². The Bertz CT molecular complexity index is 589.